The number of Topliss-reactive ketones (excluding diaryl/α,β-unsaturated/α-hetero) is 1. The Morgan fingerprint density at radius 1 is 0.829 bits per heavy atom. The topological polar surface area (TPSA) is 77.1 Å². The molecule has 1 heterocycles. The van der Waals surface area contributed by atoms with Crippen molar-refractivity contribution in [2.45, 2.75) is 6.42 Å². The van der Waals surface area contributed by atoms with E-state index in [0.29, 0.717) is 46.3 Å². The van der Waals surface area contributed by atoms with Crippen molar-refractivity contribution in [3.8, 4) is 17.2 Å². The van der Waals surface area contributed by atoms with Gasteiger partial charge in [-0.05, 0) is 84.3 Å². The van der Waals surface area contributed by atoms with Crippen molar-refractivity contribution in [1.29, 1.82) is 0 Å². The molecule has 0 bridgehead atoms. The number of hydrogen-bond acceptors (Lipinski definition) is 6. The van der Waals surface area contributed by atoms with Gasteiger partial charge in [0, 0.05) is 30.4 Å². The summed E-state index contributed by atoms with van der Waals surface area (Å²) >= 11 is 0. The Bertz CT molecular complexity index is 1260. The standard InChI is InChI=1S/C28H28N2O5/c1-30-14-13-20-16-25(34-3)26(35-4)17-21(20)15-24(30)27(31)18-5-9-22(10-6-18)29-28(32)19-7-11-23(33-2)12-8-19/h5-12,15-17H,13-14H2,1-4H3,(H,29,32). The number of rotatable bonds is 7. The van der Waals surface area contributed by atoms with E-state index >= 15 is 0 Å². The van der Waals surface area contributed by atoms with Crippen LogP contribution in [-0.4, -0.2) is 51.5 Å². The van der Waals surface area contributed by atoms with E-state index in [1.54, 1.807) is 69.9 Å². The van der Waals surface area contributed by atoms with Crippen LogP contribution in [0.1, 0.15) is 31.8 Å². The zero-order valence-electron chi connectivity index (χ0n) is 20.3. The Kier molecular flexibility index (Phi) is 7.06. The first-order valence-corrected chi connectivity index (χ1v) is 11.2. The number of nitrogens with one attached hydrogen (secondary N) is 1. The summed E-state index contributed by atoms with van der Waals surface area (Å²) in [5.41, 5.74) is 4.27. The Labute approximate surface area is 204 Å². The van der Waals surface area contributed by atoms with E-state index in [9.17, 15) is 9.59 Å². The zero-order chi connectivity index (χ0) is 24.9. The number of ether oxygens (including phenoxy) is 3. The summed E-state index contributed by atoms with van der Waals surface area (Å²) in [7, 11) is 6.69. The van der Waals surface area contributed by atoms with Crippen LogP contribution >= 0.6 is 0 Å². The third kappa shape index (κ3) is 5.14. The van der Waals surface area contributed by atoms with E-state index in [4.69, 9.17) is 14.2 Å². The number of anilines is 1. The summed E-state index contributed by atoms with van der Waals surface area (Å²) in [5, 5.41) is 2.85. The number of carbonyl (C=O) groups is 2. The van der Waals surface area contributed by atoms with Gasteiger partial charge in [-0.15, -0.1) is 0 Å². The van der Waals surface area contributed by atoms with E-state index in [1.807, 2.05) is 30.2 Å². The molecule has 1 aliphatic rings. The predicted molar refractivity (Wildman–Crippen MR) is 136 cm³/mol. The largest absolute Gasteiger partial charge is 0.497 e. The summed E-state index contributed by atoms with van der Waals surface area (Å²) in [4.78, 5) is 27.9. The lowest BCUT2D eigenvalue weighted by atomic mass is 10.0. The SMILES string of the molecule is COc1ccc(C(=O)Nc2ccc(C(=O)C3=Cc4cc(OC)c(OC)cc4CCN3C)cc2)cc1. The minimum atomic E-state index is -0.237. The summed E-state index contributed by atoms with van der Waals surface area (Å²) in [6.45, 7) is 0.691. The molecule has 0 spiro atoms. The van der Waals surface area contributed by atoms with Gasteiger partial charge in [-0.2, -0.15) is 0 Å². The highest BCUT2D eigenvalue weighted by Gasteiger charge is 2.22. The molecule has 1 N–H and O–H groups in total. The molecule has 7 nitrogen and oxygen atoms in total. The lowest BCUT2D eigenvalue weighted by molar-refractivity contribution is 0.0999. The molecule has 3 aromatic rings. The molecule has 4 rings (SSSR count). The Hall–Kier alpha value is -4.26. The molecule has 0 radical (unpaired) electrons. The predicted octanol–water partition coefficient (Wildman–Crippen LogP) is 4.68. The maximum absolute atomic E-state index is 13.4. The van der Waals surface area contributed by atoms with Crippen LogP contribution < -0.4 is 19.5 Å². The molecule has 0 saturated heterocycles. The second kappa shape index (κ2) is 10.3. The second-order valence-electron chi connectivity index (χ2n) is 8.20. The molecular formula is C28H28N2O5. The van der Waals surface area contributed by atoms with Crippen LogP contribution in [0.3, 0.4) is 0 Å². The van der Waals surface area contributed by atoms with Gasteiger partial charge >= 0.3 is 0 Å². The van der Waals surface area contributed by atoms with Crippen molar-refractivity contribution in [3.05, 3.63) is 88.6 Å². The van der Waals surface area contributed by atoms with E-state index < -0.39 is 0 Å². The van der Waals surface area contributed by atoms with Crippen molar-refractivity contribution in [2.75, 3.05) is 40.2 Å². The fourth-order valence-corrected chi connectivity index (χ4v) is 3.99. The first kappa shape index (κ1) is 23.9. The molecule has 0 aliphatic carbocycles. The molecule has 3 aromatic carbocycles. The highest BCUT2D eigenvalue weighted by Crippen LogP contribution is 2.34. The minimum Gasteiger partial charge on any atom is -0.497 e. The molecule has 1 amide bonds. The quantitative estimate of drug-likeness (QED) is 0.504. The van der Waals surface area contributed by atoms with Crippen molar-refractivity contribution in [3.63, 3.8) is 0 Å². The van der Waals surface area contributed by atoms with E-state index in [0.717, 1.165) is 17.5 Å². The van der Waals surface area contributed by atoms with Crippen LogP contribution in [0.5, 0.6) is 17.2 Å². The van der Waals surface area contributed by atoms with Gasteiger partial charge in [-0.1, -0.05) is 0 Å². The number of hydrogen-bond donors (Lipinski definition) is 1. The molecule has 180 valence electrons. The minimum absolute atomic E-state index is 0.0943. The van der Waals surface area contributed by atoms with E-state index in [2.05, 4.69) is 5.32 Å². The smallest absolute Gasteiger partial charge is 0.255 e. The van der Waals surface area contributed by atoms with Crippen LogP contribution in [-0.2, 0) is 6.42 Å². The van der Waals surface area contributed by atoms with E-state index in [1.165, 1.54) is 0 Å². The second-order valence-corrected chi connectivity index (χ2v) is 8.20. The summed E-state index contributed by atoms with van der Waals surface area (Å²) in [6.07, 6.45) is 2.67. The maximum atomic E-state index is 13.4. The Morgan fingerprint density at radius 2 is 1.46 bits per heavy atom. The summed E-state index contributed by atoms with van der Waals surface area (Å²) in [6, 6.07) is 17.6. The number of fused-ring (bicyclic) bond motifs is 1. The first-order chi connectivity index (χ1) is 16.9. The van der Waals surface area contributed by atoms with Gasteiger partial charge in [0.05, 0.1) is 27.0 Å². The van der Waals surface area contributed by atoms with Crippen LogP contribution in [0.2, 0.25) is 0 Å². The van der Waals surface area contributed by atoms with Gasteiger partial charge < -0.3 is 24.4 Å². The Balaban J connectivity index is 1.54. The monoisotopic (exact) mass is 472 g/mol. The molecule has 0 unspecified atom stereocenters. The number of methoxy groups -OCH3 is 3. The molecule has 1 aliphatic heterocycles. The molecule has 35 heavy (non-hydrogen) atoms. The van der Waals surface area contributed by atoms with Crippen LogP contribution in [0.15, 0.2) is 66.4 Å². The zero-order valence-corrected chi connectivity index (χ0v) is 20.3. The van der Waals surface area contributed by atoms with Gasteiger partial charge in [0.1, 0.15) is 5.75 Å². The molecule has 0 saturated carbocycles. The summed E-state index contributed by atoms with van der Waals surface area (Å²) < 4.78 is 16.0. The number of allylic oxidation sites excluding steroid dienone is 1. The fourth-order valence-electron chi connectivity index (χ4n) is 3.99. The van der Waals surface area contributed by atoms with E-state index in [-0.39, 0.29) is 11.7 Å². The van der Waals surface area contributed by atoms with Crippen molar-refractivity contribution in [2.24, 2.45) is 0 Å². The molecular weight excluding hydrogens is 444 g/mol. The highest BCUT2D eigenvalue weighted by atomic mass is 16.5. The van der Waals surface area contributed by atoms with Gasteiger partial charge in [-0.3, -0.25) is 9.59 Å². The van der Waals surface area contributed by atoms with Gasteiger partial charge in [0.15, 0.2) is 11.5 Å². The van der Waals surface area contributed by atoms with Gasteiger partial charge in [-0.25, -0.2) is 0 Å². The van der Waals surface area contributed by atoms with Crippen LogP contribution in [0.4, 0.5) is 5.69 Å². The fraction of sp³-hybridized carbons (Fsp3) is 0.214. The van der Waals surface area contributed by atoms with Crippen LogP contribution in [0.25, 0.3) is 6.08 Å². The van der Waals surface area contributed by atoms with Gasteiger partial charge in [0.2, 0.25) is 5.78 Å². The van der Waals surface area contributed by atoms with Gasteiger partial charge in [0.25, 0.3) is 5.91 Å². The lowest BCUT2D eigenvalue weighted by Crippen LogP contribution is -2.24. The first-order valence-electron chi connectivity index (χ1n) is 11.2. The van der Waals surface area contributed by atoms with Crippen LogP contribution in [0, 0.1) is 0 Å². The Morgan fingerprint density at radius 3 is 2.09 bits per heavy atom. The average molecular weight is 473 g/mol. The third-order valence-corrected chi connectivity index (χ3v) is 6.06. The summed E-state index contributed by atoms with van der Waals surface area (Å²) in [5.74, 6) is 1.64. The molecule has 7 heteroatoms. The number of nitrogens with zero attached hydrogens (tertiary/aromatic N) is 1. The highest BCUT2D eigenvalue weighted by molar-refractivity contribution is 6.11. The number of carbonyl (C=O) groups excluding carboxylic acids is 2. The molecule has 0 fully saturated rings. The van der Waals surface area contributed by atoms with Crippen molar-refractivity contribution < 1.29 is 23.8 Å². The van der Waals surface area contributed by atoms with Crippen molar-refractivity contribution >= 4 is 23.5 Å². The maximum Gasteiger partial charge on any atom is 0.255 e. The number of ketones is 1. The third-order valence-electron chi connectivity index (χ3n) is 6.06. The normalized spacial score (nSPS) is 12.7. The number of likely N-dealkylation sites (N-methyl/N-ethyl adjacent to an activating group) is 1. The number of benzene rings is 3. The molecule has 0 atom stereocenters. The average Bonchev–Trinajstić information content (AvgIpc) is 3.06. The van der Waals surface area contributed by atoms with Crippen molar-refractivity contribution in [1.82, 2.24) is 4.90 Å². The lowest BCUT2D eigenvalue weighted by Gasteiger charge is -2.20. The number of amides is 1. The molecule has 0 aromatic heterocycles.